The van der Waals surface area contributed by atoms with Crippen LogP contribution in [0.2, 0.25) is 10.0 Å². The highest BCUT2D eigenvalue weighted by atomic mass is 35.5. The Hall–Kier alpha value is -1.85. The van der Waals surface area contributed by atoms with Gasteiger partial charge in [-0.15, -0.1) is 0 Å². The summed E-state index contributed by atoms with van der Waals surface area (Å²) in [7, 11) is 0. The van der Waals surface area contributed by atoms with Gasteiger partial charge in [-0.25, -0.2) is 0 Å². The van der Waals surface area contributed by atoms with E-state index in [1.165, 1.54) is 6.08 Å². The molecule has 0 aliphatic carbocycles. The number of carbonyl (C=O) groups is 3. The van der Waals surface area contributed by atoms with Crippen LogP contribution in [-0.4, -0.2) is 23.8 Å². The van der Waals surface area contributed by atoms with E-state index >= 15 is 0 Å². The summed E-state index contributed by atoms with van der Waals surface area (Å²) in [6.07, 6.45) is 3.37. The second-order valence-electron chi connectivity index (χ2n) is 4.52. The van der Waals surface area contributed by atoms with Gasteiger partial charge < -0.3 is 5.32 Å². The minimum atomic E-state index is -0.686. The van der Waals surface area contributed by atoms with Gasteiger partial charge in [0, 0.05) is 12.5 Å². The van der Waals surface area contributed by atoms with Crippen molar-refractivity contribution < 1.29 is 14.4 Å². The molecule has 7 heteroatoms. The fourth-order valence-corrected chi connectivity index (χ4v) is 2.15. The third kappa shape index (κ3) is 4.31. The first-order chi connectivity index (χ1) is 9.95. The van der Waals surface area contributed by atoms with Crippen LogP contribution < -0.4 is 10.6 Å². The lowest BCUT2D eigenvalue weighted by molar-refractivity contribution is -0.136. The highest BCUT2D eigenvalue weighted by Gasteiger charge is 2.27. The lowest BCUT2D eigenvalue weighted by Gasteiger charge is -2.20. The summed E-state index contributed by atoms with van der Waals surface area (Å²) < 4.78 is 0. The van der Waals surface area contributed by atoms with Crippen LogP contribution in [0.3, 0.4) is 0 Å². The molecule has 0 bridgehead atoms. The van der Waals surface area contributed by atoms with Crippen molar-refractivity contribution in [2.45, 2.75) is 18.9 Å². The molecule has 3 amide bonds. The van der Waals surface area contributed by atoms with Crippen LogP contribution in [0.5, 0.6) is 0 Å². The van der Waals surface area contributed by atoms with E-state index in [2.05, 4.69) is 10.6 Å². The molecular weight excluding hydrogens is 315 g/mol. The molecule has 1 atom stereocenters. The van der Waals surface area contributed by atoms with Crippen molar-refractivity contribution in [2.24, 2.45) is 0 Å². The molecule has 0 aromatic heterocycles. The molecule has 5 nitrogen and oxygen atoms in total. The standard InChI is InChI=1S/C14H12Cl2N2O3/c15-9-3-1-8(7-10(9)16)2-5-12(19)17-11-4-6-13(20)18-14(11)21/h1-3,5,7,11H,4,6H2,(H,17,19)(H,18,20,21). The minimum Gasteiger partial charge on any atom is -0.341 e. The Morgan fingerprint density at radius 3 is 2.71 bits per heavy atom. The summed E-state index contributed by atoms with van der Waals surface area (Å²) >= 11 is 11.7. The van der Waals surface area contributed by atoms with E-state index in [9.17, 15) is 14.4 Å². The number of hydrogen-bond acceptors (Lipinski definition) is 3. The number of carbonyl (C=O) groups excluding carboxylic acids is 3. The molecule has 1 fully saturated rings. The predicted molar refractivity (Wildman–Crippen MR) is 79.8 cm³/mol. The fourth-order valence-electron chi connectivity index (χ4n) is 1.84. The third-order valence-corrected chi connectivity index (χ3v) is 3.67. The molecule has 21 heavy (non-hydrogen) atoms. The summed E-state index contributed by atoms with van der Waals surface area (Å²) in [6, 6.07) is 4.28. The molecule has 1 aromatic rings. The van der Waals surface area contributed by atoms with Crippen LogP contribution in [0, 0.1) is 0 Å². The van der Waals surface area contributed by atoms with Crippen molar-refractivity contribution in [2.75, 3.05) is 0 Å². The van der Waals surface area contributed by atoms with Gasteiger partial charge >= 0.3 is 0 Å². The molecule has 2 rings (SSSR count). The Balaban J connectivity index is 1.95. The van der Waals surface area contributed by atoms with Gasteiger partial charge in [0.15, 0.2) is 0 Å². The maximum Gasteiger partial charge on any atom is 0.249 e. The summed E-state index contributed by atoms with van der Waals surface area (Å²) in [4.78, 5) is 34.2. The Morgan fingerprint density at radius 1 is 1.29 bits per heavy atom. The van der Waals surface area contributed by atoms with Crippen LogP contribution in [0.15, 0.2) is 24.3 Å². The molecular formula is C14H12Cl2N2O3. The van der Waals surface area contributed by atoms with E-state index in [1.54, 1.807) is 24.3 Å². The van der Waals surface area contributed by atoms with Crippen LogP contribution in [-0.2, 0) is 14.4 Å². The van der Waals surface area contributed by atoms with Crippen molar-refractivity contribution >= 4 is 47.0 Å². The first-order valence-corrected chi connectivity index (χ1v) is 6.98. The number of hydrogen-bond donors (Lipinski definition) is 2. The maximum absolute atomic E-state index is 11.7. The zero-order valence-electron chi connectivity index (χ0n) is 10.9. The van der Waals surface area contributed by atoms with Gasteiger partial charge in [0.25, 0.3) is 0 Å². The maximum atomic E-state index is 11.7. The number of nitrogens with one attached hydrogen (secondary N) is 2. The SMILES string of the molecule is O=C(C=Cc1ccc(Cl)c(Cl)c1)NC1CCC(=O)NC1=O. The number of halogens is 2. The van der Waals surface area contributed by atoms with Gasteiger partial charge in [0.1, 0.15) is 6.04 Å². The van der Waals surface area contributed by atoms with E-state index in [0.717, 1.165) is 0 Å². The smallest absolute Gasteiger partial charge is 0.249 e. The Kier molecular flexibility index (Phi) is 4.98. The third-order valence-electron chi connectivity index (χ3n) is 2.93. The van der Waals surface area contributed by atoms with Gasteiger partial charge in [-0.2, -0.15) is 0 Å². The van der Waals surface area contributed by atoms with Gasteiger partial charge in [-0.05, 0) is 30.2 Å². The van der Waals surface area contributed by atoms with Gasteiger partial charge in [0.2, 0.25) is 17.7 Å². The normalized spacial score (nSPS) is 18.7. The van der Waals surface area contributed by atoms with Crippen molar-refractivity contribution in [3.05, 3.63) is 39.9 Å². The van der Waals surface area contributed by atoms with Crippen LogP contribution in [0.4, 0.5) is 0 Å². The van der Waals surface area contributed by atoms with E-state index in [-0.39, 0.29) is 12.3 Å². The van der Waals surface area contributed by atoms with E-state index in [4.69, 9.17) is 23.2 Å². The van der Waals surface area contributed by atoms with Crippen LogP contribution >= 0.6 is 23.2 Å². The average Bonchev–Trinajstić information content (AvgIpc) is 2.43. The first kappa shape index (κ1) is 15.5. The quantitative estimate of drug-likeness (QED) is 0.658. The van der Waals surface area contributed by atoms with Gasteiger partial charge in [-0.3, -0.25) is 19.7 Å². The van der Waals surface area contributed by atoms with E-state index < -0.39 is 17.9 Å². The predicted octanol–water partition coefficient (Wildman–Crippen LogP) is 1.93. The average molecular weight is 327 g/mol. The molecule has 110 valence electrons. The molecule has 1 heterocycles. The Labute approximate surface area is 131 Å². The number of imide groups is 1. The van der Waals surface area contributed by atoms with Crippen molar-refractivity contribution in [3.8, 4) is 0 Å². The second-order valence-corrected chi connectivity index (χ2v) is 5.33. The summed E-state index contributed by atoms with van der Waals surface area (Å²) in [5.41, 5.74) is 0.711. The molecule has 1 aliphatic heterocycles. The number of benzene rings is 1. The largest absolute Gasteiger partial charge is 0.341 e. The highest BCUT2D eigenvalue weighted by molar-refractivity contribution is 6.42. The van der Waals surface area contributed by atoms with Crippen LogP contribution in [0.1, 0.15) is 18.4 Å². The summed E-state index contributed by atoms with van der Waals surface area (Å²) in [5.74, 6) is -1.23. The van der Waals surface area contributed by atoms with E-state index in [0.29, 0.717) is 22.0 Å². The highest BCUT2D eigenvalue weighted by Crippen LogP contribution is 2.23. The van der Waals surface area contributed by atoms with E-state index in [1.807, 2.05) is 0 Å². The molecule has 2 N–H and O–H groups in total. The number of amides is 3. The first-order valence-electron chi connectivity index (χ1n) is 6.23. The molecule has 1 unspecified atom stereocenters. The zero-order valence-corrected chi connectivity index (χ0v) is 12.4. The Morgan fingerprint density at radius 2 is 2.05 bits per heavy atom. The number of rotatable bonds is 3. The lowest BCUT2D eigenvalue weighted by Crippen LogP contribution is -2.51. The minimum absolute atomic E-state index is 0.215. The molecule has 1 saturated heterocycles. The summed E-state index contributed by atoms with van der Waals surface area (Å²) in [6.45, 7) is 0. The monoisotopic (exact) mass is 326 g/mol. The Bertz CT molecular complexity index is 629. The molecule has 0 saturated carbocycles. The molecule has 0 spiro atoms. The van der Waals surface area contributed by atoms with Gasteiger partial charge in [-0.1, -0.05) is 29.3 Å². The van der Waals surface area contributed by atoms with Crippen molar-refractivity contribution in [3.63, 3.8) is 0 Å². The molecule has 1 aliphatic rings. The van der Waals surface area contributed by atoms with Crippen molar-refractivity contribution in [1.29, 1.82) is 0 Å². The number of piperidine rings is 1. The van der Waals surface area contributed by atoms with Crippen molar-refractivity contribution in [1.82, 2.24) is 10.6 Å². The topological polar surface area (TPSA) is 75.3 Å². The second kappa shape index (κ2) is 6.74. The van der Waals surface area contributed by atoms with Gasteiger partial charge in [0.05, 0.1) is 10.0 Å². The fraction of sp³-hybridized carbons (Fsp3) is 0.214. The molecule has 0 radical (unpaired) electrons. The lowest BCUT2D eigenvalue weighted by atomic mass is 10.1. The summed E-state index contributed by atoms with van der Waals surface area (Å²) in [5, 5.41) is 5.53. The zero-order chi connectivity index (χ0) is 15.4. The molecule has 1 aromatic carbocycles. The van der Waals surface area contributed by atoms with Crippen LogP contribution in [0.25, 0.3) is 6.08 Å².